The summed E-state index contributed by atoms with van der Waals surface area (Å²) in [6.07, 6.45) is -0.745. The lowest BCUT2D eigenvalue weighted by Crippen LogP contribution is -2.69. The number of carbonyl (C=O) groups is 1. The van der Waals surface area contributed by atoms with Gasteiger partial charge in [-0.1, -0.05) is 46.3 Å². The van der Waals surface area contributed by atoms with Gasteiger partial charge in [-0.25, -0.2) is 0 Å². The minimum atomic E-state index is -1.55. The van der Waals surface area contributed by atoms with Gasteiger partial charge in [0.15, 0.2) is 6.29 Å². The van der Waals surface area contributed by atoms with Gasteiger partial charge in [0.1, 0.15) is 30.2 Å². The maximum atomic E-state index is 14.6. The summed E-state index contributed by atoms with van der Waals surface area (Å²) in [6, 6.07) is 0. The lowest BCUT2D eigenvalue weighted by molar-refractivity contribution is -0.333. The molecule has 5 aliphatic rings. The van der Waals surface area contributed by atoms with Crippen LogP contribution >= 0.6 is 0 Å². The molecule has 2 unspecified atom stereocenters. The van der Waals surface area contributed by atoms with Crippen molar-refractivity contribution in [1.82, 2.24) is 0 Å². The van der Waals surface area contributed by atoms with E-state index in [2.05, 4.69) is 40.7 Å². The molecule has 1 aliphatic heterocycles. The number of aliphatic hydroxyl groups is 6. The minimum absolute atomic E-state index is 0.0703. The average Bonchev–Trinajstić information content (AvgIpc) is 3.33. The van der Waals surface area contributed by atoms with E-state index in [1.807, 2.05) is 20.8 Å². The van der Waals surface area contributed by atoms with E-state index in [-0.39, 0.29) is 40.3 Å². The maximum absolute atomic E-state index is 14.6. The highest BCUT2D eigenvalue weighted by atomic mass is 16.7. The molecule has 5 rings (SSSR count). The predicted octanol–water partition coefficient (Wildman–Crippen LogP) is 3.50. The molecule has 45 heavy (non-hydrogen) atoms. The van der Waals surface area contributed by atoms with Crippen molar-refractivity contribution in [2.24, 2.45) is 45.3 Å². The van der Waals surface area contributed by atoms with Crippen molar-refractivity contribution in [1.29, 1.82) is 0 Å². The van der Waals surface area contributed by atoms with E-state index >= 15 is 0 Å². The van der Waals surface area contributed by atoms with Gasteiger partial charge in [0, 0.05) is 12.3 Å². The van der Waals surface area contributed by atoms with Gasteiger partial charge in [-0.15, -0.1) is 0 Å². The Balaban J connectivity index is 1.51. The summed E-state index contributed by atoms with van der Waals surface area (Å²) in [6.45, 7) is 16.4. The molecule has 0 aromatic rings. The third-order valence-electron chi connectivity index (χ3n) is 14.2. The third kappa shape index (κ3) is 5.31. The summed E-state index contributed by atoms with van der Waals surface area (Å²) in [5.74, 6) is -0.372. The van der Waals surface area contributed by atoms with Crippen LogP contribution in [0, 0.1) is 45.3 Å². The molecular weight excluding hydrogens is 576 g/mol. The van der Waals surface area contributed by atoms with E-state index in [9.17, 15) is 35.4 Å². The van der Waals surface area contributed by atoms with Gasteiger partial charge in [-0.05, 0) is 105 Å². The number of ether oxygens (including phenoxy) is 2. The Morgan fingerprint density at radius 1 is 0.978 bits per heavy atom. The van der Waals surface area contributed by atoms with Crippen molar-refractivity contribution in [3.05, 3.63) is 11.6 Å². The zero-order chi connectivity index (χ0) is 33.5. The van der Waals surface area contributed by atoms with Crippen LogP contribution < -0.4 is 0 Å². The van der Waals surface area contributed by atoms with Gasteiger partial charge in [-0.3, -0.25) is 4.79 Å². The van der Waals surface area contributed by atoms with E-state index in [1.165, 1.54) is 0 Å². The lowest BCUT2D eigenvalue weighted by atomic mass is 9.34. The van der Waals surface area contributed by atoms with Crippen LogP contribution in [0.5, 0.6) is 0 Å². The molecule has 0 amide bonds. The highest BCUT2D eigenvalue weighted by Crippen LogP contribution is 2.75. The Hall–Kier alpha value is -0.910. The minimum Gasteiger partial charge on any atom is -0.394 e. The number of rotatable bonds is 7. The molecule has 1 saturated heterocycles. The van der Waals surface area contributed by atoms with Crippen LogP contribution in [0.2, 0.25) is 0 Å². The average molecular weight is 637 g/mol. The number of Topliss-reactive ketones (excluding diaryl/α,β-unsaturated/α-hetero) is 1. The molecule has 9 heteroatoms. The molecule has 5 fully saturated rings. The fourth-order valence-electron chi connectivity index (χ4n) is 11.7. The molecule has 0 spiro atoms. The molecule has 0 bridgehead atoms. The SMILES string of the molecule is CC(C)=CCC[C@](C)(O[C@@H]1O[C@H](CO)[C@@H](O)[C@H](O)[C@H]1O)[C@H]1CC[C@@]2(C)C1C(=O)C[C@@H]1[C@@]3(C)CC[C@H](O)C(C)(C)C3[C@@H](O)C[C@]12C. The molecule has 15 atom stereocenters. The van der Waals surface area contributed by atoms with Gasteiger partial charge in [0.05, 0.1) is 24.4 Å². The standard InChI is InChI=1S/C36H60O9/c1-19(2)10-9-13-36(8,45-31-29(43)28(42)27(41)23(18-37)44-31)20-11-15-34(6)26(20)21(38)16-24-33(5)14-12-25(40)32(3,4)30(33)22(39)17-35(24,34)7/h10,20,22-31,37,39-43H,9,11-18H2,1-8H3/t20-,22-,23+,24+,25-,26?,27+,28-,29+,30?,31-,33+,34-,35+,36-/m0/s1. The molecule has 6 N–H and O–H groups in total. The fourth-order valence-corrected chi connectivity index (χ4v) is 11.7. The smallest absolute Gasteiger partial charge is 0.187 e. The van der Waals surface area contributed by atoms with E-state index in [0.29, 0.717) is 32.1 Å². The van der Waals surface area contributed by atoms with Crippen LogP contribution in [0.1, 0.15) is 107 Å². The van der Waals surface area contributed by atoms with Crippen LogP contribution in [0.4, 0.5) is 0 Å². The first kappa shape index (κ1) is 35.4. The largest absolute Gasteiger partial charge is 0.394 e. The van der Waals surface area contributed by atoms with Crippen LogP contribution in [-0.4, -0.2) is 91.5 Å². The summed E-state index contributed by atoms with van der Waals surface area (Å²) < 4.78 is 12.5. The van der Waals surface area contributed by atoms with Crippen LogP contribution in [0.3, 0.4) is 0 Å². The molecule has 0 aromatic carbocycles. The maximum Gasteiger partial charge on any atom is 0.187 e. The molecule has 9 nitrogen and oxygen atoms in total. The molecule has 0 aromatic heterocycles. The van der Waals surface area contributed by atoms with Crippen molar-refractivity contribution in [2.75, 3.05) is 6.61 Å². The third-order valence-corrected chi connectivity index (χ3v) is 14.2. The number of ketones is 1. The first-order valence-corrected chi connectivity index (χ1v) is 17.3. The zero-order valence-electron chi connectivity index (χ0n) is 28.7. The highest BCUT2D eigenvalue weighted by Gasteiger charge is 2.73. The Bertz CT molecular complexity index is 1150. The number of allylic oxidation sites excluding steroid dienone is 2. The molecule has 4 saturated carbocycles. The molecule has 4 aliphatic carbocycles. The first-order valence-electron chi connectivity index (χ1n) is 17.3. The summed E-state index contributed by atoms with van der Waals surface area (Å²) in [5.41, 5.74) is -1.27. The first-order chi connectivity index (χ1) is 20.8. The second-order valence-corrected chi connectivity index (χ2v) is 17.3. The fraction of sp³-hybridized carbons (Fsp3) is 0.917. The van der Waals surface area contributed by atoms with Crippen molar-refractivity contribution in [3.8, 4) is 0 Å². The van der Waals surface area contributed by atoms with Crippen molar-refractivity contribution < 1.29 is 44.9 Å². The quantitative estimate of drug-likeness (QED) is 0.230. The zero-order valence-corrected chi connectivity index (χ0v) is 28.7. The monoisotopic (exact) mass is 636 g/mol. The van der Waals surface area contributed by atoms with Crippen LogP contribution in [0.15, 0.2) is 11.6 Å². The molecule has 1 heterocycles. The second-order valence-electron chi connectivity index (χ2n) is 17.3. The Morgan fingerprint density at radius 2 is 1.64 bits per heavy atom. The van der Waals surface area contributed by atoms with E-state index in [0.717, 1.165) is 24.8 Å². The topological polar surface area (TPSA) is 157 Å². The van der Waals surface area contributed by atoms with Crippen molar-refractivity contribution >= 4 is 5.78 Å². The van der Waals surface area contributed by atoms with E-state index in [1.54, 1.807) is 0 Å². The number of fused-ring (bicyclic) bond motifs is 5. The number of hydrogen-bond donors (Lipinski definition) is 6. The Kier molecular flexibility index (Phi) is 9.36. The number of aliphatic hydroxyl groups excluding tert-OH is 6. The molecule has 0 radical (unpaired) electrons. The summed E-state index contributed by atoms with van der Waals surface area (Å²) in [4.78, 5) is 14.6. The lowest BCUT2D eigenvalue weighted by Gasteiger charge is -2.70. The summed E-state index contributed by atoms with van der Waals surface area (Å²) in [5, 5.41) is 64.6. The normalized spacial score (nSPS) is 50.6. The van der Waals surface area contributed by atoms with E-state index in [4.69, 9.17) is 9.47 Å². The van der Waals surface area contributed by atoms with Gasteiger partial charge in [-0.2, -0.15) is 0 Å². The predicted molar refractivity (Wildman–Crippen MR) is 169 cm³/mol. The van der Waals surface area contributed by atoms with Gasteiger partial charge >= 0.3 is 0 Å². The van der Waals surface area contributed by atoms with Crippen molar-refractivity contribution in [2.45, 2.75) is 155 Å². The van der Waals surface area contributed by atoms with E-state index < -0.39 is 66.0 Å². The molecule has 258 valence electrons. The van der Waals surface area contributed by atoms with Crippen molar-refractivity contribution in [3.63, 3.8) is 0 Å². The summed E-state index contributed by atoms with van der Waals surface area (Å²) in [7, 11) is 0. The van der Waals surface area contributed by atoms with Crippen LogP contribution in [0.25, 0.3) is 0 Å². The summed E-state index contributed by atoms with van der Waals surface area (Å²) >= 11 is 0. The van der Waals surface area contributed by atoms with Gasteiger partial charge < -0.3 is 40.1 Å². The highest BCUT2D eigenvalue weighted by molar-refractivity contribution is 5.84. The van der Waals surface area contributed by atoms with Gasteiger partial charge in [0.25, 0.3) is 0 Å². The number of hydrogen-bond acceptors (Lipinski definition) is 9. The number of carbonyl (C=O) groups excluding carboxylic acids is 1. The Labute approximate surface area is 269 Å². The molecular formula is C36H60O9. The second kappa shape index (κ2) is 11.9. The van der Waals surface area contributed by atoms with Gasteiger partial charge in [0.2, 0.25) is 0 Å². The Morgan fingerprint density at radius 3 is 2.27 bits per heavy atom. The van der Waals surface area contributed by atoms with Crippen LogP contribution in [-0.2, 0) is 14.3 Å².